The fourth-order valence-corrected chi connectivity index (χ4v) is 3.88. The van der Waals surface area contributed by atoms with Crippen molar-refractivity contribution >= 4 is 17.2 Å². The summed E-state index contributed by atoms with van der Waals surface area (Å²) in [6.07, 6.45) is 0.307. The van der Waals surface area contributed by atoms with Crippen molar-refractivity contribution in [2.75, 3.05) is 53.5 Å². The van der Waals surface area contributed by atoms with Crippen molar-refractivity contribution in [2.24, 2.45) is 0 Å². The summed E-state index contributed by atoms with van der Waals surface area (Å²) in [5, 5.41) is 5.74. The Morgan fingerprint density at radius 2 is 1.96 bits per heavy atom. The van der Waals surface area contributed by atoms with Gasteiger partial charge in [0, 0.05) is 57.3 Å². The minimum absolute atomic E-state index is 0.0218. The van der Waals surface area contributed by atoms with E-state index in [9.17, 15) is 4.79 Å². The Bertz CT molecular complexity index is 724. The average Bonchev–Trinajstić information content (AvgIpc) is 3.13. The van der Waals surface area contributed by atoms with Crippen molar-refractivity contribution in [3.05, 3.63) is 40.9 Å². The van der Waals surface area contributed by atoms with Crippen molar-refractivity contribution in [1.82, 2.24) is 20.1 Å². The van der Waals surface area contributed by atoms with Gasteiger partial charge in [0.1, 0.15) is 5.01 Å². The summed E-state index contributed by atoms with van der Waals surface area (Å²) in [7, 11) is 3.80. The highest BCUT2D eigenvalue weighted by Crippen LogP contribution is 2.24. The van der Waals surface area contributed by atoms with Crippen LogP contribution in [0.25, 0.3) is 10.6 Å². The number of thiazole rings is 1. The number of methoxy groups -OCH3 is 1. The first-order valence-corrected chi connectivity index (χ1v) is 10.2. The number of amides is 1. The fraction of sp³-hybridized carbons (Fsp3) is 0.500. The Balaban J connectivity index is 1.53. The lowest BCUT2D eigenvalue weighted by atomic mass is 10.1. The molecule has 0 bridgehead atoms. The molecular formula is C20H28N4O2S. The molecule has 2 aromatic rings. The van der Waals surface area contributed by atoms with Gasteiger partial charge in [-0.05, 0) is 12.6 Å². The van der Waals surface area contributed by atoms with Crippen molar-refractivity contribution in [1.29, 1.82) is 0 Å². The summed E-state index contributed by atoms with van der Waals surface area (Å²) in [5.41, 5.74) is 3.25. The quantitative estimate of drug-likeness (QED) is 0.700. The van der Waals surface area contributed by atoms with Crippen LogP contribution >= 0.6 is 11.3 Å². The van der Waals surface area contributed by atoms with Gasteiger partial charge in [0.15, 0.2) is 0 Å². The second kappa shape index (κ2) is 9.94. The molecule has 1 amide bonds. The van der Waals surface area contributed by atoms with Gasteiger partial charge < -0.3 is 15.0 Å². The number of benzene rings is 1. The SMILES string of the molecule is COCCNC(=O)Cc1csc(-c2ccc(CN3CCN(C)CC3)cc2)n1. The number of likely N-dealkylation sites (N-methyl/N-ethyl adjacent to an activating group) is 1. The molecule has 1 N–H and O–H groups in total. The maximum atomic E-state index is 11.9. The normalized spacial score (nSPS) is 15.8. The van der Waals surface area contributed by atoms with Crippen LogP contribution in [-0.4, -0.2) is 74.2 Å². The highest BCUT2D eigenvalue weighted by molar-refractivity contribution is 7.13. The van der Waals surface area contributed by atoms with Crippen LogP contribution in [-0.2, 0) is 22.5 Å². The van der Waals surface area contributed by atoms with Gasteiger partial charge in [-0.25, -0.2) is 4.98 Å². The summed E-state index contributed by atoms with van der Waals surface area (Å²) in [6.45, 7) is 6.58. The highest BCUT2D eigenvalue weighted by Gasteiger charge is 2.14. The van der Waals surface area contributed by atoms with Crippen molar-refractivity contribution < 1.29 is 9.53 Å². The van der Waals surface area contributed by atoms with Crippen LogP contribution in [0.2, 0.25) is 0 Å². The molecule has 146 valence electrons. The number of nitrogens with one attached hydrogen (secondary N) is 1. The van der Waals surface area contributed by atoms with Gasteiger partial charge >= 0.3 is 0 Å². The van der Waals surface area contributed by atoms with E-state index in [1.807, 2.05) is 5.38 Å². The van der Waals surface area contributed by atoms with Gasteiger partial charge in [-0.1, -0.05) is 24.3 Å². The largest absolute Gasteiger partial charge is 0.383 e. The molecule has 0 radical (unpaired) electrons. The number of carbonyl (C=O) groups excluding carboxylic acids is 1. The third-order valence-corrected chi connectivity index (χ3v) is 5.66. The lowest BCUT2D eigenvalue weighted by Crippen LogP contribution is -2.43. The van der Waals surface area contributed by atoms with E-state index < -0.39 is 0 Å². The Kier molecular flexibility index (Phi) is 7.34. The highest BCUT2D eigenvalue weighted by atomic mass is 32.1. The zero-order valence-electron chi connectivity index (χ0n) is 16.1. The van der Waals surface area contributed by atoms with E-state index in [1.54, 1.807) is 18.4 Å². The van der Waals surface area contributed by atoms with Gasteiger partial charge in [0.05, 0.1) is 18.7 Å². The van der Waals surface area contributed by atoms with Crippen LogP contribution in [0.15, 0.2) is 29.6 Å². The molecule has 0 aliphatic carbocycles. The van der Waals surface area contributed by atoms with Gasteiger partial charge in [-0.15, -0.1) is 11.3 Å². The smallest absolute Gasteiger partial charge is 0.226 e. The van der Waals surface area contributed by atoms with Crippen LogP contribution in [0.1, 0.15) is 11.3 Å². The molecular weight excluding hydrogens is 360 g/mol. The van der Waals surface area contributed by atoms with Crippen molar-refractivity contribution in [2.45, 2.75) is 13.0 Å². The molecule has 1 aromatic heterocycles. The van der Waals surface area contributed by atoms with Crippen LogP contribution in [0.4, 0.5) is 0 Å². The molecule has 1 fully saturated rings. The first kappa shape index (κ1) is 19.9. The monoisotopic (exact) mass is 388 g/mol. The summed E-state index contributed by atoms with van der Waals surface area (Å²) in [6, 6.07) is 8.64. The van der Waals surface area contributed by atoms with Gasteiger partial charge in [0.25, 0.3) is 0 Å². The Morgan fingerprint density at radius 1 is 1.22 bits per heavy atom. The molecule has 0 spiro atoms. The van der Waals surface area contributed by atoms with Crippen molar-refractivity contribution in [3.8, 4) is 10.6 Å². The lowest BCUT2D eigenvalue weighted by molar-refractivity contribution is -0.120. The van der Waals surface area contributed by atoms with E-state index in [-0.39, 0.29) is 5.91 Å². The van der Waals surface area contributed by atoms with E-state index in [1.165, 1.54) is 5.56 Å². The van der Waals surface area contributed by atoms with Crippen LogP contribution in [0.3, 0.4) is 0 Å². The minimum Gasteiger partial charge on any atom is -0.383 e. The molecule has 6 nitrogen and oxygen atoms in total. The molecule has 2 heterocycles. The number of carbonyl (C=O) groups is 1. The van der Waals surface area contributed by atoms with Crippen LogP contribution < -0.4 is 5.32 Å². The fourth-order valence-electron chi connectivity index (χ4n) is 3.06. The number of hydrogen-bond acceptors (Lipinski definition) is 6. The van der Waals surface area contributed by atoms with E-state index in [2.05, 4.69) is 51.4 Å². The molecule has 7 heteroatoms. The lowest BCUT2D eigenvalue weighted by Gasteiger charge is -2.32. The zero-order chi connectivity index (χ0) is 19.1. The molecule has 1 aliphatic heterocycles. The van der Waals surface area contributed by atoms with E-state index in [0.717, 1.165) is 49.0 Å². The second-order valence-corrected chi connectivity index (χ2v) is 7.80. The zero-order valence-corrected chi connectivity index (χ0v) is 16.9. The average molecular weight is 389 g/mol. The maximum Gasteiger partial charge on any atom is 0.226 e. The third kappa shape index (κ3) is 6.10. The standard InChI is InChI=1S/C20H28N4O2S/c1-23-8-10-24(11-9-23)14-16-3-5-17(6-4-16)20-22-18(15-27-20)13-19(25)21-7-12-26-2/h3-6,15H,7-14H2,1-2H3,(H,21,25). The Hall–Kier alpha value is -1.80. The third-order valence-electron chi connectivity index (χ3n) is 4.72. The van der Waals surface area contributed by atoms with Crippen LogP contribution in [0.5, 0.6) is 0 Å². The molecule has 1 aromatic carbocycles. The van der Waals surface area contributed by atoms with Crippen LogP contribution in [0, 0.1) is 0 Å². The predicted molar refractivity (Wildman–Crippen MR) is 109 cm³/mol. The number of aromatic nitrogens is 1. The number of piperazine rings is 1. The van der Waals surface area contributed by atoms with Crippen molar-refractivity contribution in [3.63, 3.8) is 0 Å². The number of rotatable bonds is 8. The first-order chi connectivity index (χ1) is 13.1. The second-order valence-electron chi connectivity index (χ2n) is 6.94. The summed E-state index contributed by atoms with van der Waals surface area (Å²) in [4.78, 5) is 21.4. The minimum atomic E-state index is -0.0218. The summed E-state index contributed by atoms with van der Waals surface area (Å²) >= 11 is 1.58. The van der Waals surface area contributed by atoms with E-state index in [4.69, 9.17) is 4.74 Å². The molecule has 0 atom stereocenters. The summed E-state index contributed by atoms with van der Waals surface area (Å²) in [5.74, 6) is -0.0218. The van der Waals surface area contributed by atoms with E-state index in [0.29, 0.717) is 19.6 Å². The van der Waals surface area contributed by atoms with E-state index >= 15 is 0 Å². The topological polar surface area (TPSA) is 57.7 Å². The summed E-state index contributed by atoms with van der Waals surface area (Å²) < 4.78 is 4.93. The molecule has 1 saturated heterocycles. The Morgan fingerprint density at radius 3 is 2.67 bits per heavy atom. The van der Waals surface area contributed by atoms with Gasteiger partial charge in [-0.3, -0.25) is 9.69 Å². The molecule has 27 heavy (non-hydrogen) atoms. The molecule has 0 unspecified atom stereocenters. The number of hydrogen-bond donors (Lipinski definition) is 1. The molecule has 1 aliphatic rings. The number of ether oxygens (including phenoxy) is 1. The number of nitrogens with zero attached hydrogens (tertiary/aromatic N) is 3. The Labute approximate surface area is 165 Å². The van der Waals surface area contributed by atoms with Gasteiger partial charge in [0.2, 0.25) is 5.91 Å². The molecule has 3 rings (SSSR count). The molecule has 0 saturated carbocycles. The maximum absolute atomic E-state index is 11.9. The first-order valence-electron chi connectivity index (χ1n) is 9.34. The van der Waals surface area contributed by atoms with Gasteiger partial charge in [-0.2, -0.15) is 0 Å². The predicted octanol–water partition coefficient (Wildman–Crippen LogP) is 1.86.